The third kappa shape index (κ3) is 2.89. The normalized spacial score (nSPS) is 11.9. The maximum atomic E-state index is 12.9. The van der Waals surface area contributed by atoms with Gasteiger partial charge in [-0.1, -0.05) is 54.1 Å². The number of sulfone groups is 1. The zero-order chi connectivity index (χ0) is 17.4. The minimum Gasteiger partial charge on any atom is -0.256 e. The van der Waals surface area contributed by atoms with Gasteiger partial charge < -0.3 is 0 Å². The lowest BCUT2D eigenvalue weighted by Crippen LogP contribution is -2.05. The summed E-state index contributed by atoms with van der Waals surface area (Å²) in [5.74, 6) is -0.0386. The molecule has 0 N–H and O–H groups in total. The van der Waals surface area contributed by atoms with Crippen molar-refractivity contribution in [3.05, 3.63) is 84.1 Å². The van der Waals surface area contributed by atoms with Crippen LogP contribution in [0.25, 0.3) is 21.7 Å². The molecule has 4 rings (SSSR count). The molecular formula is C21H17NO2S. The van der Waals surface area contributed by atoms with Gasteiger partial charge in [0.1, 0.15) is 0 Å². The van der Waals surface area contributed by atoms with E-state index in [1.54, 1.807) is 18.3 Å². The van der Waals surface area contributed by atoms with Crippen molar-refractivity contribution in [1.82, 2.24) is 4.98 Å². The van der Waals surface area contributed by atoms with Gasteiger partial charge in [-0.2, -0.15) is 0 Å². The molecule has 1 aromatic heterocycles. The first kappa shape index (κ1) is 15.8. The smallest absolute Gasteiger partial charge is 0.182 e. The average Bonchev–Trinajstić information content (AvgIpc) is 2.61. The summed E-state index contributed by atoms with van der Waals surface area (Å²) < 4.78 is 25.7. The second-order valence-electron chi connectivity index (χ2n) is 6.23. The van der Waals surface area contributed by atoms with Gasteiger partial charge in [-0.3, -0.25) is 4.98 Å². The van der Waals surface area contributed by atoms with Crippen LogP contribution in [0.15, 0.2) is 77.8 Å². The van der Waals surface area contributed by atoms with E-state index >= 15 is 0 Å². The molecule has 25 heavy (non-hydrogen) atoms. The quantitative estimate of drug-likeness (QED) is 0.506. The molecule has 4 aromatic rings. The number of nitrogens with zero attached hydrogens (tertiary/aromatic N) is 1. The van der Waals surface area contributed by atoms with E-state index in [2.05, 4.69) is 4.98 Å². The molecule has 0 bridgehead atoms. The zero-order valence-corrected chi connectivity index (χ0v) is 14.6. The van der Waals surface area contributed by atoms with Gasteiger partial charge in [0, 0.05) is 17.0 Å². The largest absolute Gasteiger partial charge is 0.256 e. The van der Waals surface area contributed by atoms with Gasteiger partial charge in [-0.05, 0) is 36.1 Å². The molecular weight excluding hydrogens is 330 g/mol. The molecule has 0 atom stereocenters. The van der Waals surface area contributed by atoms with E-state index in [1.807, 2.05) is 61.5 Å². The summed E-state index contributed by atoms with van der Waals surface area (Å²) in [7, 11) is -3.42. The fourth-order valence-electron chi connectivity index (χ4n) is 3.14. The van der Waals surface area contributed by atoms with Gasteiger partial charge in [-0.15, -0.1) is 0 Å². The summed E-state index contributed by atoms with van der Waals surface area (Å²) in [5, 5.41) is 2.93. The van der Waals surface area contributed by atoms with Gasteiger partial charge in [-0.25, -0.2) is 8.42 Å². The Morgan fingerprint density at radius 1 is 0.840 bits per heavy atom. The molecule has 3 nitrogen and oxygen atoms in total. The second kappa shape index (κ2) is 5.97. The lowest BCUT2D eigenvalue weighted by Gasteiger charge is -2.10. The maximum Gasteiger partial charge on any atom is 0.182 e. The lowest BCUT2D eigenvalue weighted by molar-refractivity contribution is 0.595. The fourth-order valence-corrected chi connectivity index (χ4v) is 4.51. The topological polar surface area (TPSA) is 47.0 Å². The number of aryl methyl sites for hydroxylation is 1. The van der Waals surface area contributed by atoms with Gasteiger partial charge >= 0.3 is 0 Å². The first-order valence-corrected chi connectivity index (χ1v) is 9.75. The van der Waals surface area contributed by atoms with E-state index in [4.69, 9.17) is 0 Å². The molecule has 3 aromatic carbocycles. The highest BCUT2D eigenvalue weighted by Gasteiger charge is 2.18. The number of hydrogen-bond donors (Lipinski definition) is 0. The summed E-state index contributed by atoms with van der Waals surface area (Å²) >= 11 is 0. The van der Waals surface area contributed by atoms with E-state index < -0.39 is 9.84 Å². The molecule has 4 heteroatoms. The molecule has 0 aliphatic carbocycles. The summed E-state index contributed by atoms with van der Waals surface area (Å²) in [5.41, 5.74) is 2.66. The number of hydrogen-bond acceptors (Lipinski definition) is 3. The predicted molar refractivity (Wildman–Crippen MR) is 101 cm³/mol. The van der Waals surface area contributed by atoms with Gasteiger partial charge in [0.2, 0.25) is 0 Å². The monoisotopic (exact) mass is 347 g/mol. The van der Waals surface area contributed by atoms with Crippen LogP contribution >= 0.6 is 0 Å². The van der Waals surface area contributed by atoms with E-state index in [1.165, 1.54) is 0 Å². The van der Waals surface area contributed by atoms with Crippen LogP contribution in [-0.4, -0.2) is 13.4 Å². The van der Waals surface area contributed by atoms with Gasteiger partial charge in [0.15, 0.2) is 9.84 Å². The van der Waals surface area contributed by atoms with Gasteiger partial charge in [0.05, 0.1) is 16.2 Å². The molecule has 0 radical (unpaired) electrons. The second-order valence-corrected chi connectivity index (χ2v) is 8.22. The molecule has 124 valence electrons. The van der Waals surface area contributed by atoms with Crippen molar-refractivity contribution in [2.75, 3.05) is 0 Å². The third-order valence-corrected chi connectivity index (χ3v) is 6.11. The van der Waals surface area contributed by atoms with Crippen LogP contribution in [0.5, 0.6) is 0 Å². The van der Waals surface area contributed by atoms with Gasteiger partial charge in [0.25, 0.3) is 0 Å². The highest BCUT2D eigenvalue weighted by Crippen LogP contribution is 2.29. The van der Waals surface area contributed by atoms with E-state index in [0.29, 0.717) is 4.90 Å². The summed E-state index contributed by atoms with van der Waals surface area (Å²) in [6.45, 7) is 1.94. The molecule has 0 aliphatic rings. The Bertz CT molecular complexity index is 1180. The maximum absolute atomic E-state index is 12.9. The van der Waals surface area contributed by atoms with Crippen molar-refractivity contribution in [3.63, 3.8) is 0 Å². The Hall–Kier alpha value is -2.72. The first-order chi connectivity index (χ1) is 12.0. The molecule has 0 saturated heterocycles. The predicted octanol–water partition coefficient (Wildman–Crippen LogP) is 4.67. The molecule has 0 amide bonds. The molecule has 0 spiro atoms. The highest BCUT2D eigenvalue weighted by molar-refractivity contribution is 7.90. The Balaban J connectivity index is 1.89. The Morgan fingerprint density at radius 3 is 2.36 bits per heavy atom. The molecule has 0 aliphatic heterocycles. The molecule has 0 saturated carbocycles. The van der Waals surface area contributed by atoms with Crippen molar-refractivity contribution in [3.8, 4) is 0 Å². The van der Waals surface area contributed by atoms with Crippen molar-refractivity contribution in [2.45, 2.75) is 17.6 Å². The molecule has 1 heterocycles. The third-order valence-electron chi connectivity index (χ3n) is 4.43. The van der Waals surface area contributed by atoms with E-state index in [9.17, 15) is 8.42 Å². The Labute approximate surface area is 146 Å². The minimum atomic E-state index is -3.42. The lowest BCUT2D eigenvalue weighted by atomic mass is 10.0. The highest BCUT2D eigenvalue weighted by atomic mass is 32.2. The van der Waals surface area contributed by atoms with Crippen LogP contribution in [-0.2, 0) is 15.6 Å². The summed E-state index contributed by atoms with van der Waals surface area (Å²) in [6.07, 6.45) is 1.74. The van der Waals surface area contributed by atoms with Crippen LogP contribution in [0, 0.1) is 6.92 Å². The standard InChI is InChI=1S/C21H17NO2S/c1-15-7-11-19(12-8-15)25(23,24)14-18-5-2-4-16-9-10-17-6-3-13-22-21(17)20(16)18/h2-13H,14H2,1H3. The van der Waals surface area contributed by atoms with Crippen LogP contribution in [0.3, 0.4) is 0 Å². The van der Waals surface area contributed by atoms with Crippen molar-refractivity contribution in [2.24, 2.45) is 0 Å². The first-order valence-electron chi connectivity index (χ1n) is 8.09. The zero-order valence-electron chi connectivity index (χ0n) is 13.8. The molecule has 0 unspecified atom stereocenters. The Morgan fingerprint density at radius 2 is 1.56 bits per heavy atom. The van der Waals surface area contributed by atoms with E-state index in [0.717, 1.165) is 32.8 Å². The van der Waals surface area contributed by atoms with Crippen LogP contribution in [0.1, 0.15) is 11.1 Å². The van der Waals surface area contributed by atoms with E-state index in [-0.39, 0.29) is 5.75 Å². The van der Waals surface area contributed by atoms with Crippen LogP contribution in [0.2, 0.25) is 0 Å². The number of fused-ring (bicyclic) bond motifs is 3. The Kier molecular flexibility index (Phi) is 3.77. The number of rotatable bonds is 3. The van der Waals surface area contributed by atoms with Crippen molar-refractivity contribution >= 4 is 31.5 Å². The molecule has 0 fully saturated rings. The SMILES string of the molecule is Cc1ccc(S(=O)(=O)Cc2cccc3ccc4cccnc4c23)cc1. The summed E-state index contributed by atoms with van der Waals surface area (Å²) in [4.78, 5) is 4.84. The number of pyridine rings is 1. The fraction of sp³-hybridized carbons (Fsp3) is 0.0952. The average molecular weight is 347 g/mol. The van der Waals surface area contributed by atoms with Crippen molar-refractivity contribution < 1.29 is 8.42 Å². The van der Waals surface area contributed by atoms with Crippen LogP contribution < -0.4 is 0 Å². The van der Waals surface area contributed by atoms with Crippen LogP contribution in [0.4, 0.5) is 0 Å². The summed E-state index contributed by atoms with van der Waals surface area (Å²) in [6, 6.07) is 20.7. The number of benzene rings is 3. The minimum absolute atomic E-state index is 0.0386. The van der Waals surface area contributed by atoms with Crippen molar-refractivity contribution in [1.29, 1.82) is 0 Å². The number of aromatic nitrogens is 1.